The summed E-state index contributed by atoms with van der Waals surface area (Å²) in [5.74, 6) is -7.18. The maximum Gasteiger partial charge on any atom is 0.417 e. The van der Waals surface area contributed by atoms with Gasteiger partial charge in [0.15, 0.2) is 34.8 Å². The fourth-order valence-electron chi connectivity index (χ4n) is 8.65. The van der Waals surface area contributed by atoms with E-state index in [1.807, 2.05) is 9.80 Å². The van der Waals surface area contributed by atoms with Gasteiger partial charge in [-0.2, -0.15) is 36.4 Å². The molecule has 0 radical (unpaired) electrons. The molecule has 0 spiro atoms. The van der Waals surface area contributed by atoms with Gasteiger partial charge in [-0.3, -0.25) is 9.97 Å². The van der Waals surface area contributed by atoms with E-state index in [2.05, 4.69) is 30.6 Å². The summed E-state index contributed by atoms with van der Waals surface area (Å²) in [5, 5.41) is 3.34. The van der Waals surface area contributed by atoms with Crippen molar-refractivity contribution in [2.75, 3.05) is 56.6 Å². The number of carbonyl (C=O) groups excluding carboxylic acids is 2. The number of hydrazine groups is 1. The second-order valence-electron chi connectivity index (χ2n) is 17.6. The molecule has 2 fully saturated rings. The van der Waals surface area contributed by atoms with Crippen molar-refractivity contribution in [2.45, 2.75) is 38.0 Å². The van der Waals surface area contributed by atoms with E-state index in [1.165, 1.54) is 36.4 Å². The molecule has 2 aliphatic heterocycles. The van der Waals surface area contributed by atoms with Gasteiger partial charge in [-0.25, -0.2) is 37.1 Å². The Labute approximate surface area is 434 Å². The first-order valence-electron chi connectivity index (χ1n) is 23.4. The summed E-state index contributed by atoms with van der Waals surface area (Å²) in [7, 11) is 0. The van der Waals surface area contributed by atoms with Crippen LogP contribution in [0.2, 0.25) is 5.02 Å². The van der Waals surface area contributed by atoms with Crippen LogP contribution >= 0.6 is 11.6 Å². The summed E-state index contributed by atoms with van der Waals surface area (Å²) in [5.41, 5.74) is -4.71. The van der Waals surface area contributed by atoms with Crippen LogP contribution in [0.3, 0.4) is 0 Å². The van der Waals surface area contributed by atoms with E-state index in [9.17, 15) is 35.9 Å². The molecule has 0 bridgehead atoms. The third-order valence-corrected chi connectivity index (χ3v) is 12.6. The lowest BCUT2D eigenvalue weighted by atomic mass is 10.2. The number of urea groups is 2. The lowest BCUT2D eigenvalue weighted by Crippen LogP contribution is -2.54. The second-order valence-corrected chi connectivity index (χ2v) is 18.0. The summed E-state index contributed by atoms with van der Waals surface area (Å²) >= 11 is 5.93. The van der Waals surface area contributed by atoms with Gasteiger partial charge in [-0.05, 0) is 86.3 Å². The number of anilines is 6. The number of ether oxygens (including phenoxy) is 2. The zero-order chi connectivity index (χ0) is 54.3. The van der Waals surface area contributed by atoms with Crippen LogP contribution in [-0.4, -0.2) is 58.2 Å². The average Bonchev–Trinajstić information content (AvgIpc) is 4.16. The molecule has 25 heteroatoms. The Morgan fingerprint density at radius 1 is 0.532 bits per heavy atom. The molecule has 8 aromatic rings. The smallest absolute Gasteiger partial charge is 0.417 e. The van der Waals surface area contributed by atoms with Gasteiger partial charge in [0.2, 0.25) is 0 Å². The maximum atomic E-state index is 16.5. The fourth-order valence-corrected chi connectivity index (χ4v) is 8.88. The Kier molecular flexibility index (Phi) is 14.0. The van der Waals surface area contributed by atoms with Crippen LogP contribution in [0.15, 0.2) is 116 Å². The van der Waals surface area contributed by atoms with E-state index >= 15 is 17.6 Å². The summed E-state index contributed by atoms with van der Waals surface area (Å²) in [4.78, 5) is 51.2. The number of amides is 4. The first-order chi connectivity index (χ1) is 36.7. The van der Waals surface area contributed by atoms with E-state index < -0.39 is 98.1 Å². The lowest BCUT2D eigenvalue weighted by molar-refractivity contribution is -0.138. The highest BCUT2D eigenvalue weighted by Crippen LogP contribution is 2.41. The van der Waals surface area contributed by atoms with Crippen LogP contribution in [0.4, 0.5) is 87.9 Å². The third-order valence-electron chi connectivity index (χ3n) is 12.3. The van der Waals surface area contributed by atoms with E-state index in [0.717, 1.165) is 70.1 Å². The lowest BCUT2D eigenvalue weighted by Gasteiger charge is -2.35. The number of nitrogens with one attached hydrogen (secondary N) is 2. The quantitative estimate of drug-likeness (QED) is 0.100. The number of alkyl halides is 6. The fraction of sp³-hybridized carbons (Fsp3) is 0.192. The largest absolute Gasteiger partial charge is 0.451 e. The molecule has 0 unspecified atom stereocenters. The van der Waals surface area contributed by atoms with E-state index in [4.69, 9.17) is 21.1 Å². The predicted molar refractivity (Wildman–Crippen MR) is 266 cm³/mol. The van der Waals surface area contributed by atoms with Crippen LogP contribution in [0.25, 0.3) is 22.1 Å². The molecule has 2 N–H and O–H groups in total. The monoisotopic (exact) mass is 1090 g/mol. The van der Waals surface area contributed by atoms with Crippen LogP contribution in [-0.2, 0) is 12.4 Å². The molecule has 2 saturated heterocycles. The average molecular weight is 1090 g/mol. The Bertz CT molecular complexity index is 3550. The minimum Gasteiger partial charge on any atom is -0.451 e. The van der Waals surface area contributed by atoms with Crippen molar-refractivity contribution < 1.29 is 63.0 Å². The van der Waals surface area contributed by atoms with Crippen molar-refractivity contribution in [2.24, 2.45) is 0 Å². The summed E-state index contributed by atoms with van der Waals surface area (Å²) in [6, 6.07) is 11.5. The minimum absolute atomic E-state index is 0.0579. The Morgan fingerprint density at radius 2 is 1.01 bits per heavy atom. The summed E-state index contributed by atoms with van der Waals surface area (Å²) in [6.07, 6.45) is -3.25. The van der Waals surface area contributed by atoms with Crippen molar-refractivity contribution in [3.8, 4) is 23.0 Å². The SMILES string of the molecule is O=C(Nc1cccc(C(F)(F)F)c1)N(c1cc(F)c(Oc2ccc3ncc(N4CCCC4)nc3c2)c(F)c1)N(C(=O)Nc1cc(F)c(Oc2ccc3ncc(N4CCCC4)nc3c2)c(F)c1)c1ccc(Cl)c(C(F)(F)F)c1. The minimum atomic E-state index is -5.25. The highest BCUT2D eigenvalue weighted by atomic mass is 35.5. The van der Waals surface area contributed by atoms with E-state index in [1.54, 1.807) is 12.4 Å². The molecule has 77 heavy (non-hydrogen) atoms. The maximum absolute atomic E-state index is 16.5. The van der Waals surface area contributed by atoms with Crippen LogP contribution in [0, 0.1) is 23.3 Å². The number of hydrogen-bond donors (Lipinski definition) is 2. The first kappa shape index (κ1) is 51.8. The van der Waals surface area contributed by atoms with Gasteiger partial charge in [-0.1, -0.05) is 17.7 Å². The zero-order valence-electron chi connectivity index (χ0n) is 39.5. The molecule has 0 saturated carbocycles. The first-order valence-corrected chi connectivity index (χ1v) is 23.8. The number of fused-ring (bicyclic) bond motifs is 2. The number of carbonyl (C=O) groups is 2. The number of benzene rings is 6. The number of hydrogen-bond acceptors (Lipinski definition) is 10. The molecule has 2 aromatic heterocycles. The molecule has 14 nitrogen and oxygen atoms in total. The Hall–Kier alpha value is -8.67. The van der Waals surface area contributed by atoms with Gasteiger partial charge in [0, 0.05) is 74.0 Å². The molecule has 2 aliphatic rings. The molecule has 6 aromatic carbocycles. The van der Waals surface area contributed by atoms with E-state index in [-0.39, 0.29) is 33.1 Å². The molecule has 396 valence electrons. The van der Waals surface area contributed by atoms with Crippen molar-refractivity contribution in [1.82, 2.24) is 19.9 Å². The van der Waals surface area contributed by atoms with Crippen molar-refractivity contribution >= 4 is 80.1 Å². The van der Waals surface area contributed by atoms with Gasteiger partial charge in [-0.15, -0.1) is 0 Å². The van der Waals surface area contributed by atoms with Crippen molar-refractivity contribution in [1.29, 1.82) is 0 Å². The standard InChI is InChI=1S/C52H37ClF10N10O4/c53-36-11-8-31(21-35(36)52(61,62)63)72(50(75)67-30-19-37(54)47(38(55)20-30)76-33-9-12-41-43(24-33)68-45(26-64-41)70-14-1-2-15-70)73(49(74)66-29-7-5-6-28(18-29)51(58,59)60)32-22-39(56)48(40(57)23-32)77-34-10-13-42-44(25-34)69-46(27-65-42)71-16-3-4-17-71/h5-13,18-27H,1-4,14-17H2,(H,66,74)(H,67,75). The molecule has 4 amide bonds. The normalized spacial score (nSPS) is 13.8. The van der Waals surface area contributed by atoms with Gasteiger partial charge >= 0.3 is 24.4 Å². The van der Waals surface area contributed by atoms with Gasteiger partial charge in [0.05, 0.1) is 62.0 Å². The van der Waals surface area contributed by atoms with Crippen LogP contribution in [0.1, 0.15) is 36.8 Å². The van der Waals surface area contributed by atoms with Crippen molar-refractivity contribution in [3.05, 3.63) is 155 Å². The van der Waals surface area contributed by atoms with Crippen molar-refractivity contribution in [3.63, 3.8) is 0 Å². The molecule has 0 atom stereocenters. The van der Waals surface area contributed by atoms with Gasteiger partial charge in [0.1, 0.15) is 23.1 Å². The molecule has 10 rings (SSSR count). The molecular weight excluding hydrogens is 1050 g/mol. The summed E-state index contributed by atoms with van der Waals surface area (Å²) < 4.78 is 161. The van der Waals surface area contributed by atoms with Gasteiger partial charge in [0.25, 0.3) is 0 Å². The van der Waals surface area contributed by atoms with Crippen LogP contribution < -0.4 is 39.9 Å². The predicted octanol–water partition coefficient (Wildman–Crippen LogP) is 14.3. The van der Waals surface area contributed by atoms with Crippen LogP contribution in [0.5, 0.6) is 23.0 Å². The highest BCUT2D eigenvalue weighted by molar-refractivity contribution is 6.31. The Morgan fingerprint density at radius 3 is 1.51 bits per heavy atom. The topological polar surface area (TPSA) is 141 Å². The number of nitrogens with zero attached hydrogens (tertiary/aromatic N) is 8. The number of rotatable bonds is 10. The Balaban J connectivity index is 1.02. The number of aromatic nitrogens is 4. The van der Waals surface area contributed by atoms with Gasteiger partial charge < -0.3 is 29.9 Å². The third kappa shape index (κ3) is 11.2. The zero-order valence-corrected chi connectivity index (χ0v) is 40.3. The molecular formula is C52H37ClF10N10O4. The number of halogens is 11. The molecule has 4 heterocycles. The molecule has 0 aliphatic carbocycles. The highest BCUT2D eigenvalue weighted by Gasteiger charge is 2.38. The summed E-state index contributed by atoms with van der Waals surface area (Å²) in [6.45, 7) is 2.99. The van der Waals surface area contributed by atoms with E-state index in [0.29, 0.717) is 70.7 Å². The second kappa shape index (κ2) is 20.8.